The molecular weight excluding hydrogens is 509 g/mol. The summed E-state index contributed by atoms with van der Waals surface area (Å²) in [5.41, 5.74) is 2.00. The number of unbranched alkanes of at least 4 members (excludes halogenated alkanes) is 1. The van der Waals surface area contributed by atoms with E-state index in [1.54, 1.807) is 0 Å². The van der Waals surface area contributed by atoms with Gasteiger partial charge in [-0.15, -0.1) is 0 Å². The van der Waals surface area contributed by atoms with Gasteiger partial charge in [0, 0.05) is 18.1 Å². The molecule has 10 heteroatoms. The van der Waals surface area contributed by atoms with Gasteiger partial charge in [-0.05, 0) is 43.5 Å². The van der Waals surface area contributed by atoms with Crippen molar-refractivity contribution in [2.45, 2.75) is 52.6 Å². The summed E-state index contributed by atoms with van der Waals surface area (Å²) < 4.78 is 26.3. The Morgan fingerprint density at radius 1 is 1.09 bits per heavy atom. The van der Waals surface area contributed by atoms with E-state index in [-0.39, 0.29) is 23.2 Å². The molecule has 7 nitrogen and oxygen atoms in total. The lowest BCUT2D eigenvalue weighted by atomic mass is 10.1. The Bertz CT molecular complexity index is 1140. The number of nitrogens with zero attached hydrogens (tertiary/aromatic N) is 2. The van der Waals surface area contributed by atoms with E-state index in [9.17, 15) is 18.0 Å². The molecule has 0 aliphatic heterocycles. The molecule has 0 aliphatic rings. The molecule has 0 unspecified atom stereocenters. The number of nitrogens with one attached hydrogen (secondary N) is 1. The summed E-state index contributed by atoms with van der Waals surface area (Å²) in [5, 5.41) is 3.34. The third-order valence-corrected chi connectivity index (χ3v) is 7.17. The summed E-state index contributed by atoms with van der Waals surface area (Å²) in [7, 11) is -3.87. The molecule has 0 saturated heterocycles. The molecule has 0 spiro atoms. The van der Waals surface area contributed by atoms with Gasteiger partial charge >= 0.3 is 0 Å². The van der Waals surface area contributed by atoms with Crippen molar-refractivity contribution in [3.8, 4) is 0 Å². The second kappa shape index (κ2) is 13.1. The normalized spacial score (nSPS) is 12.2. The van der Waals surface area contributed by atoms with Crippen LogP contribution in [0.1, 0.15) is 44.2 Å². The van der Waals surface area contributed by atoms with Crippen molar-refractivity contribution in [3.05, 3.63) is 63.6 Å². The van der Waals surface area contributed by atoms with Gasteiger partial charge < -0.3 is 10.2 Å². The zero-order chi connectivity index (χ0) is 26.2. The average Bonchev–Trinajstić information content (AvgIpc) is 2.77. The Kier molecular flexibility index (Phi) is 10.9. The highest BCUT2D eigenvalue weighted by Gasteiger charge is 2.32. The Hall–Kier alpha value is -2.29. The van der Waals surface area contributed by atoms with Crippen molar-refractivity contribution in [2.24, 2.45) is 0 Å². The topological polar surface area (TPSA) is 86.8 Å². The Balaban J connectivity index is 2.43. The summed E-state index contributed by atoms with van der Waals surface area (Å²) in [6, 6.07) is 11.3. The fraction of sp³-hybridized carbons (Fsp3) is 0.440. The number of amides is 2. The summed E-state index contributed by atoms with van der Waals surface area (Å²) in [5.74, 6) is -0.780. The molecule has 0 radical (unpaired) electrons. The highest BCUT2D eigenvalue weighted by atomic mass is 35.5. The molecule has 0 bridgehead atoms. The van der Waals surface area contributed by atoms with Crippen molar-refractivity contribution < 1.29 is 18.0 Å². The number of benzene rings is 2. The van der Waals surface area contributed by atoms with E-state index in [1.165, 1.54) is 23.1 Å². The van der Waals surface area contributed by atoms with E-state index in [0.717, 1.165) is 34.5 Å². The van der Waals surface area contributed by atoms with E-state index in [0.29, 0.717) is 18.0 Å². The standard InChI is InChI=1S/C25H33Cl2N3O4S/c1-5-7-13-28-25(32)22(6-2)29(16-19-10-8-9-18(3)14-19)24(31)17-30(35(4,33)34)23-12-11-20(26)15-21(23)27/h8-12,14-15,22H,5-7,13,16-17H2,1-4H3,(H,28,32)/t22-/m0/s1. The van der Waals surface area contributed by atoms with Gasteiger partial charge in [0.1, 0.15) is 12.6 Å². The molecule has 2 aromatic carbocycles. The number of hydrogen-bond acceptors (Lipinski definition) is 4. The lowest BCUT2D eigenvalue weighted by molar-refractivity contribution is -0.140. The van der Waals surface area contributed by atoms with Gasteiger partial charge in [0.2, 0.25) is 21.8 Å². The van der Waals surface area contributed by atoms with Gasteiger partial charge in [-0.25, -0.2) is 8.42 Å². The molecule has 1 atom stereocenters. The van der Waals surface area contributed by atoms with Crippen LogP contribution in [0.5, 0.6) is 0 Å². The Morgan fingerprint density at radius 2 is 1.80 bits per heavy atom. The molecule has 2 aromatic rings. The first kappa shape index (κ1) is 28.9. The van der Waals surface area contributed by atoms with Crippen LogP contribution in [-0.4, -0.2) is 50.5 Å². The van der Waals surface area contributed by atoms with Crippen LogP contribution >= 0.6 is 23.2 Å². The van der Waals surface area contributed by atoms with E-state index >= 15 is 0 Å². The maximum absolute atomic E-state index is 13.6. The van der Waals surface area contributed by atoms with Crippen LogP contribution in [-0.2, 0) is 26.2 Å². The number of halogens is 2. The highest BCUT2D eigenvalue weighted by Crippen LogP contribution is 2.30. The number of rotatable bonds is 12. The van der Waals surface area contributed by atoms with Crippen molar-refractivity contribution >= 4 is 50.7 Å². The van der Waals surface area contributed by atoms with Gasteiger partial charge in [0.05, 0.1) is 17.0 Å². The van der Waals surface area contributed by atoms with Crippen LogP contribution in [0.4, 0.5) is 5.69 Å². The number of aryl methyl sites for hydroxylation is 1. The summed E-state index contributed by atoms with van der Waals surface area (Å²) >= 11 is 12.2. The first-order chi connectivity index (χ1) is 16.5. The molecule has 0 aromatic heterocycles. The minimum Gasteiger partial charge on any atom is -0.354 e. The zero-order valence-electron chi connectivity index (χ0n) is 20.6. The smallest absolute Gasteiger partial charge is 0.244 e. The predicted molar refractivity (Wildman–Crippen MR) is 142 cm³/mol. The number of hydrogen-bond donors (Lipinski definition) is 1. The molecule has 0 fully saturated rings. The zero-order valence-corrected chi connectivity index (χ0v) is 22.9. The van der Waals surface area contributed by atoms with E-state index in [2.05, 4.69) is 5.32 Å². The fourth-order valence-electron chi connectivity index (χ4n) is 3.71. The first-order valence-electron chi connectivity index (χ1n) is 11.5. The van der Waals surface area contributed by atoms with E-state index < -0.39 is 28.5 Å². The molecular formula is C25H33Cl2N3O4S. The summed E-state index contributed by atoms with van der Waals surface area (Å²) in [6.45, 7) is 5.95. The monoisotopic (exact) mass is 541 g/mol. The molecule has 2 amide bonds. The van der Waals surface area contributed by atoms with Crippen molar-refractivity contribution in [3.63, 3.8) is 0 Å². The molecule has 0 saturated carbocycles. The van der Waals surface area contributed by atoms with Gasteiger partial charge in [-0.3, -0.25) is 13.9 Å². The van der Waals surface area contributed by atoms with Gasteiger partial charge in [-0.2, -0.15) is 0 Å². The summed E-state index contributed by atoms with van der Waals surface area (Å²) in [4.78, 5) is 28.1. The van der Waals surface area contributed by atoms with Gasteiger partial charge in [0.25, 0.3) is 0 Å². The highest BCUT2D eigenvalue weighted by molar-refractivity contribution is 7.92. The minimum atomic E-state index is -3.87. The Morgan fingerprint density at radius 3 is 2.37 bits per heavy atom. The van der Waals surface area contributed by atoms with Crippen molar-refractivity contribution in [1.29, 1.82) is 0 Å². The van der Waals surface area contributed by atoms with Gasteiger partial charge in [0.15, 0.2) is 0 Å². The lowest BCUT2D eigenvalue weighted by Gasteiger charge is -2.33. The van der Waals surface area contributed by atoms with E-state index in [1.807, 2.05) is 45.0 Å². The first-order valence-corrected chi connectivity index (χ1v) is 14.1. The maximum atomic E-state index is 13.6. The SMILES string of the molecule is CCCCNC(=O)[C@H](CC)N(Cc1cccc(C)c1)C(=O)CN(c1ccc(Cl)cc1Cl)S(C)(=O)=O. The van der Waals surface area contributed by atoms with Crippen LogP contribution < -0.4 is 9.62 Å². The second-order valence-corrected chi connectivity index (χ2v) is 11.2. The van der Waals surface area contributed by atoms with E-state index in [4.69, 9.17) is 23.2 Å². The molecule has 192 valence electrons. The third-order valence-electron chi connectivity index (χ3n) is 5.51. The number of carbonyl (C=O) groups is 2. The summed E-state index contributed by atoms with van der Waals surface area (Å²) in [6.07, 6.45) is 3.13. The van der Waals surface area contributed by atoms with Crippen molar-refractivity contribution in [1.82, 2.24) is 10.2 Å². The molecule has 1 N–H and O–H groups in total. The number of sulfonamides is 1. The number of anilines is 1. The molecule has 35 heavy (non-hydrogen) atoms. The van der Waals surface area contributed by atoms with Crippen LogP contribution in [0.2, 0.25) is 10.0 Å². The minimum absolute atomic E-state index is 0.102. The van der Waals surface area contributed by atoms with Crippen LogP contribution in [0.3, 0.4) is 0 Å². The molecule has 2 rings (SSSR count). The van der Waals surface area contributed by atoms with Crippen molar-refractivity contribution in [2.75, 3.05) is 23.7 Å². The molecule has 0 heterocycles. The fourth-order valence-corrected chi connectivity index (χ4v) is 5.13. The lowest BCUT2D eigenvalue weighted by Crippen LogP contribution is -2.52. The predicted octanol–water partition coefficient (Wildman–Crippen LogP) is 4.79. The van der Waals surface area contributed by atoms with Crippen LogP contribution in [0.25, 0.3) is 0 Å². The largest absolute Gasteiger partial charge is 0.354 e. The number of carbonyl (C=O) groups excluding carboxylic acids is 2. The molecule has 0 aliphatic carbocycles. The maximum Gasteiger partial charge on any atom is 0.244 e. The van der Waals surface area contributed by atoms with Gasteiger partial charge in [-0.1, -0.05) is 73.3 Å². The second-order valence-electron chi connectivity index (χ2n) is 8.44. The average molecular weight is 543 g/mol. The Labute approximate surface area is 218 Å². The third kappa shape index (κ3) is 8.40. The van der Waals surface area contributed by atoms with Crippen LogP contribution in [0, 0.1) is 6.92 Å². The quantitative estimate of drug-likeness (QED) is 0.391. The van der Waals surface area contributed by atoms with Crippen LogP contribution in [0.15, 0.2) is 42.5 Å².